The van der Waals surface area contributed by atoms with E-state index in [1.165, 1.54) is 23.0 Å². The van der Waals surface area contributed by atoms with E-state index in [0.717, 1.165) is 0 Å². The predicted octanol–water partition coefficient (Wildman–Crippen LogP) is 1.95. The molecule has 1 atom stereocenters. The Hall–Kier alpha value is 1.11. The molecule has 2 N–H and O–H groups in total. The zero-order chi connectivity index (χ0) is 8.53. The first-order valence-corrected chi connectivity index (χ1v) is 9.65. The Morgan fingerprint density at radius 3 is 2.73 bits per heavy atom. The zero-order valence-corrected chi connectivity index (χ0v) is 11.3. The maximum absolute atomic E-state index is 5.64. The zero-order valence-electron chi connectivity index (χ0n) is 7.60. The molecule has 0 aliphatic carbocycles. The van der Waals surface area contributed by atoms with E-state index < -0.39 is 0 Å². The molecule has 0 bridgehead atoms. The molecule has 1 unspecified atom stereocenters. The van der Waals surface area contributed by atoms with Crippen LogP contribution in [0.3, 0.4) is 0 Å². The van der Waals surface area contributed by atoms with Gasteiger partial charge >= 0.3 is 85.3 Å². The summed E-state index contributed by atoms with van der Waals surface area (Å²) in [5, 5.41) is 0. The molecule has 0 amide bonds. The molecule has 0 aromatic heterocycles. The van der Waals surface area contributed by atoms with Crippen LogP contribution in [0.1, 0.15) is 26.2 Å². The van der Waals surface area contributed by atoms with Gasteiger partial charge in [-0.15, -0.1) is 0 Å². The van der Waals surface area contributed by atoms with E-state index in [9.17, 15) is 0 Å². The number of unbranched alkanes of at least 4 members (excludes halogenated alkanes) is 1. The van der Waals surface area contributed by atoms with Crippen LogP contribution >= 0.6 is 11.8 Å². The van der Waals surface area contributed by atoms with Gasteiger partial charge in [0, 0.05) is 0 Å². The van der Waals surface area contributed by atoms with Crippen LogP contribution in [0.5, 0.6) is 0 Å². The number of hydrogen-bond donors (Lipinski definition) is 1. The molecule has 0 radical (unpaired) electrons. The van der Waals surface area contributed by atoms with E-state index in [1.54, 1.807) is 4.44 Å². The van der Waals surface area contributed by atoms with Gasteiger partial charge in [0.05, 0.1) is 0 Å². The molecule has 0 aliphatic heterocycles. The quantitative estimate of drug-likeness (QED) is 0.569. The van der Waals surface area contributed by atoms with Gasteiger partial charge in [-0.25, -0.2) is 0 Å². The molecular weight excluding hydrogens is 261 g/mol. The van der Waals surface area contributed by atoms with Crippen molar-refractivity contribution in [1.82, 2.24) is 0 Å². The monoisotopic (exact) mass is 281 g/mol. The molecule has 1 nitrogen and oxygen atoms in total. The average molecular weight is 280 g/mol. The number of hydrogen-bond acceptors (Lipinski definition) is 2. The third kappa shape index (κ3) is 11.1. The van der Waals surface area contributed by atoms with Crippen molar-refractivity contribution in [2.45, 2.75) is 36.7 Å². The Morgan fingerprint density at radius 1 is 1.45 bits per heavy atom. The second-order valence-electron chi connectivity index (χ2n) is 2.91. The fraction of sp³-hybridized carbons (Fsp3) is 1.00. The minimum absolute atomic E-state index is 0.0452. The first kappa shape index (κ1) is 12.1. The maximum atomic E-state index is 5.64. The number of nitrogens with two attached hydrogens (primary N) is 1. The van der Waals surface area contributed by atoms with Gasteiger partial charge in [-0.1, -0.05) is 0 Å². The molecular formula is C8H19NSSn+2. The number of thioether (sulfide) groups is 1. The summed E-state index contributed by atoms with van der Waals surface area (Å²) >= 11 is 2.06. The normalized spacial score (nSPS) is 12.6. The van der Waals surface area contributed by atoms with E-state index in [4.69, 9.17) is 5.73 Å². The SMILES string of the molecule is CS[CH2][Sn+2][CH2]CCCC(C)N. The van der Waals surface area contributed by atoms with Gasteiger partial charge < -0.3 is 0 Å². The number of rotatable bonds is 7. The molecule has 11 heavy (non-hydrogen) atoms. The Labute approximate surface area is 85.1 Å². The Morgan fingerprint density at radius 2 is 2.18 bits per heavy atom. The van der Waals surface area contributed by atoms with Crippen molar-refractivity contribution in [3.8, 4) is 0 Å². The molecule has 0 spiro atoms. The molecule has 0 aromatic rings. The van der Waals surface area contributed by atoms with Gasteiger partial charge in [-0.3, -0.25) is 0 Å². The van der Waals surface area contributed by atoms with Crippen LogP contribution in [0.15, 0.2) is 0 Å². The third-order valence-corrected chi connectivity index (χ3v) is 8.24. The van der Waals surface area contributed by atoms with Crippen LogP contribution in [0, 0.1) is 0 Å². The first-order chi connectivity index (χ1) is 5.27. The molecule has 0 saturated heterocycles. The van der Waals surface area contributed by atoms with Gasteiger partial charge in [-0.2, -0.15) is 0 Å². The topological polar surface area (TPSA) is 26.0 Å². The van der Waals surface area contributed by atoms with E-state index in [2.05, 4.69) is 13.2 Å². The first-order valence-electron chi connectivity index (χ1n) is 4.22. The standard InChI is InChI=1S/C6H14N.C2H5S.Sn/c1-3-4-5-6(2)7;1-3-2;/h6H,1,3-5,7H2,2H3;1H2,2H3;/q;;+2. The molecule has 0 aromatic carbocycles. The molecule has 0 heterocycles. The summed E-state index contributed by atoms with van der Waals surface area (Å²) in [7, 11) is 0. The van der Waals surface area contributed by atoms with Crippen LogP contribution in [-0.2, 0) is 0 Å². The molecule has 0 fully saturated rings. The third-order valence-electron chi connectivity index (χ3n) is 1.51. The Kier molecular flexibility index (Phi) is 10.1. The fourth-order valence-corrected chi connectivity index (χ4v) is 5.65. The van der Waals surface area contributed by atoms with Gasteiger partial charge in [0.15, 0.2) is 0 Å². The van der Waals surface area contributed by atoms with Gasteiger partial charge in [0.1, 0.15) is 0 Å². The summed E-state index contributed by atoms with van der Waals surface area (Å²) in [6.45, 7) is 2.10. The van der Waals surface area contributed by atoms with E-state index in [1.807, 2.05) is 11.8 Å². The predicted molar refractivity (Wildman–Crippen MR) is 56.4 cm³/mol. The van der Waals surface area contributed by atoms with E-state index in [-0.39, 0.29) is 21.1 Å². The van der Waals surface area contributed by atoms with Crippen molar-refractivity contribution in [3.05, 3.63) is 0 Å². The van der Waals surface area contributed by atoms with Gasteiger partial charge in [0.2, 0.25) is 0 Å². The summed E-state index contributed by atoms with van der Waals surface area (Å²) in [5.74, 6) is 0. The second-order valence-corrected chi connectivity index (χ2v) is 9.10. The van der Waals surface area contributed by atoms with Crippen molar-refractivity contribution in [2.75, 3.05) is 10.0 Å². The van der Waals surface area contributed by atoms with E-state index >= 15 is 0 Å². The van der Waals surface area contributed by atoms with Crippen LogP contribution in [0.25, 0.3) is 0 Å². The second kappa shape index (κ2) is 9.20. The van der Waals surface area contributed by atoms with Crippen LogP contribution in [0.4, 0.5) is 0 Å². The van der Waals surface area contributed by atoms with Crippen LogP contribution < -0.4 is 5.73 Å². The van der Waals surface area contributed by atoms with Crippen molar-refractivity contribution in [1.29, 1.82) is 0 Å². The Balaban J connectivity index is 2.80. The minimum atomic E-state index is 0.0452. The fourth-order valence-electron chi connectivity index (χ4n) is 0.891. The molecule has 0 rings (SSSR count). The summed E-state index contributed by atoms with van der Waals surface area (Å²) in [6.07, 6.45) is 6.22. The van der Waals surface area contributed by atoms with Crippen molar-refractivity contribution >= 4 is 32.9 Å². The van der Waals surface area contributed by atoms with Crippen molar-refractivity contribution in [3.63, 3.8) is 0 Å². The van der Waals surface area contributed by atoms with Crippen LogP contribution in [-0.4, -0.2) is 37.2 Å². The van der Waals surface area contributed by atoms with Crippen LogP contribution in [0.2, 0.25) is 4.44 Å². The summed E-state index contributed by atoms with van der Waals surface area (Å²) in [5.41, 5.74) is 5.64. The molecule has 0 saturated carbocycles. The summed E-state index contributed by atoms with van der Waals surface area (Å²) < 4.78 is 3.04. The molecule has 64 valence electrons. The average Bonchev–Trinajstić information content (AvgIpc) is 1.96. The van der Waals surface area contributed by atoms with Crippen molar-refractivity contribution in [2.24, 2.45) is 5.73 Å². The van der Waals surface area contributed by atoms with Gasteiger partial charge in [-0.05, 0) is 0 Å². The summed E-state index contributed by atoms with van der Waals surface area (Å²) in [4.78, 5) is 0. The van der Waals surface area contributed by atoms with Gasteiger partial charge in [0.25, 0.3) is 0 Å². The molecule has 0 aliphatic rings. The van der Waals surface area contributed by atoms with E-state index in [0.29, 0.717) is 6.04 Å². The van der Waals surface area contributed by atoms with Crippen molar-refractivity contribution < 1.29 is 0 Å². The summed E-state index contributed by atoms with van der Waals surface area (Å²) in [6, 6.07) is 0.418. The molecule has 3 heteroatoms. The Bertz CT molecular complexity index is 78.5.